The highest BCUT2D eigenvalue weighted by molar-refractivity contribution is 5.82. The quantitative estimate of drug-likeness (QED) is 0.850. The third kappa shape index (κ3) is 3.03. The Morgan fingerprint density at radius 1 is 1.30 bits per heavy atom. The first kappa shape index (κ1) is 15.8. The lowest BCUT2D eigenvalue weighted by atomic mass is 10.1. The van der Waals surface area contributed by atoms with Gasteiger partial charge in [0.25, 0.3) is 0 Å². The van der Waals surface area contributed by atoms with Crippen molar-refractivity contribution in [2.75, 3.05) is 7.05 Å². The zero-order valence-electron chi connectivity index (χ0n) is 14.4. The normalized spacial score (nSPS) is 19.7. The minimum atomic E-state index is 0.143. The number of benzene rings is 1. The second-order valence-corrected chi connectivity index (χ2v) is 6.52. The first-order valence-corrected chi connectivity index (χ1v) is 8.35. The van der Waals surface area contributed by atoms with Gasteiger partial charge < -0.3 is 4.90 Å². The van der Waals surface area contributed by atoms with Gasteiger partial charge in [-0.3, -0.25) is 9.48 Å². The standard InChI is InChI=1S/C19H25N3O/c1-5-22-14(3)18(13(2)20-22)12-21(4)19(23)17-11-16(17)15-9-7-6-8-10-15/h6-10,16-17H,5,11-12H2,1-4H3/t16-,17+/m1/s1. The minimum Gasteiger partial charge on any atom is -0.341 e. The molecular formula is C19H25N3O. The van der Waals surface area contributed by atoms with Gasteiger partial charge in [0.1, 0.15) is 0 Å². The molecule has 1 fully saturated rings. The largest absolute Gasteiger partial charge is 0.341 e. The van der Waals surface area contributed by atoms with Gasteiger partial charge in [0.15, 0.2) is 0 Å². The molecule has 1 aromatic carbocycles. The van der Waals surface area contributed by atoms with Gasteiger partial charge in [-0.05, 0) is 38.7 Å². The predicted molar refractivity (Wildman–Crippen MR) is 91.1 cm³/mol. The van der Waals surface area contributed by atoms with Crippen molar-refractivity contribution < 1.29 is 4.79 Å². The fraction of sp³-hybridized carbons (Fsp3) is 0.474. The van der Waals surface area contributed by atoms with Crippen molar-refractivity contribution in [1.29, 1.82) is 0 Å². The second kappa shape index (κ2) is 6.19. The molecule has 1 heterocycles. The van der Waals surface area contributed by atoms with Crippen LogP contribution in [0.15, 0.2) is 30.3 Å². The van der Waals surface area contributed by atoms with Crippen molar-refractivity contribution in [3.8, 4) is 0 Å². The third-order valence-electron chi connectivity index (χ3n) is 4.94. The van der Waals surface area contributed by atoms with Crippen molar-refractivity contribution in [2.45, 2.75) is 46.2 Å². The van der Waals surface area contributed by atoms with E-state index in [1.165, 1.54) is 16.8 Å². The van der Waals surface area contributed by atoms with Gasteiger partial charge in [-0.2, -0.15) is 5.10 Å². The number of aryl methyl sites for hydroxylation is 2. The number of aromatic nitrogens is 2. The molecule has 0 radical (unpaired) electrons. The minimum absolute atomic E-state index is 0.143. The molecule has 122 valence electrons. The maximum Gasteiger partial charge on any atom is 0.226 e. The summed E-state index contributed by atoms with van der Waals surface area (Å²) in [7, 11) is 1.91. The van der Waals surface area contributed by atoms with Crippen LogP contribution in [-0.2, 0) is 17.9 Å². The molecule has 0 N–H and O–H groups in total. The summed E-state index contributed by atoms with van der Waals surface area (Å²) < 4.78 is 2.01. The average molecular weight is 311 g/mol. The molecule has 1 saturated carbocycles. The summed E-state index contributed by atoms with van der Waals surface area (Å²) in [6.07, 6.45) is 0.972. The molecule has 4 nitrogen and oxygen atoms in total. The van der Waals surface area contributed by atoms with Gasteiger partial charge in [0, 0.05) is 37.3 Å². The Labute approximate surface area is 138 Å². The van der Waals surface area contributed by atoms with Gasteiger partial charge in [0.2, 0.25) is 5.91 Å². The molecule has 4 heteroatoms. The Kier molecular flexibility index (Phi) is 4.24. The smallest absolute Gasteiger partial charge is 0.226 e. The van der Waals surface area contributed by atoms with E-state index in [4.69, 9.17) is 0 Å². The van der Waals surface area contributed by atoms with Gasteiger partial charge in [-0.15, -0.1) is 0 Å². The molecule has 0 bridgehead atoms. The highest BCUT2D eigenvalue weighted by atomic mass is 16.2. The van der Waals surface area contributed by atoms with E-state index in [1.807, 2.05) is 41.8 Å². The van der Waals surface area contributed by atoms with Crippen molar-refractivity contribution in [3.63, 3.8) is 0 Å². The Morgan fingerprint density at radius 3 is 2.61 bits per heavy atom. The van der Waals surface area contributed by atoms with Crippen LogP contribution in [0, 0.1) is 19.8 Å². The van der Waals surface area contributed by atoms with Gasteiger partial charge in [0.05, 0.1) is 5.69 Å². The van der Waals surface area contributed by atoms with Crippen LogP contribution >= 0.6 is 0 Å². The van der Waals surface area contributed by atoms with E-state index in [9.17, 15) is 4.79 Å². The zero-order chi connectivity index (χ0) is 16.6. The highest BCUT2D eigenvalue weighted by Gasteiger charge is 2.45. The second-order valence-electron chi connectivity index (χ2n) is 6.52. The van der Waals surface area contributed by atoms with E-state index >= 15 is 0 Å². The van der Waals surface area contributed by atoms with Crippen LogP contribution in [0.2, 0.25) is 0 Å². The van der Waals surface area contributed by atoms with Crippen LogP contribution in [0.5, 0.6) is 0 Å². The Hall–Kier alpha value is -2.10. The summed E-state index contributed by atoms with van der Waals surface area (Å²) in [5.41, 5.74) is 4.66. The highest BCUT2D eigenvalue weighted by Crippen LogP contribution is 2.48. The fourth-order valence-corrected chi connectivity index (χ4v) is 3.41. The SMILES string of the molecule is CCn1nc(C)c(CN(C)C(=O)[C@H]2C[C@@H]2c2ccccc2)c1C. The summed E-state index contributed by atoms with van der Waals surface area (Å²) in [5.74, 6) is 0.790. The van der Waals surface area contributed by atoms with Crippen LogP contribution in [0.3, 0.4) is 0 Å². The van der Waals surface area contributed by atoms with Crippen LogP contribution in [0.4, 0.5) is 0 Å². The van der Waals surface area contributed by atoms with Gasteiger partial charge in [-0.25, -0.2) is 0 Å². The molecule has 23 heavy (non-hydrogen) atoms. The summed E-state index contributed by atoms with van der Waals surface area (Å²) in [5, 5.41) is 4.54. The van der Waals surface area contributed by atoms with E-state index in [2.05, 4.69) is 31.1 Å². The summed E-state index contributed by atoms with van der Waals surface area (Å²) in [4.78, 5) is 14.6. The van der Waals surface area contributed by atoms with E-state index < -0.39 is 0 Å². The molecule has 1 aromatic heterocycles. The van der Waals surface area contributed by atoms with E-state index in [0.29, 0.717) is 12.5 Å². The monoisotopic (exact) mass is 311 g/mol. The molecule has 1 aliphatic carbocycles. The zero-order valence-corrected chi connectivity index (χ0v) is 14.4. The first-order chi connectivity index (χ1) is 11.0. The van der Waals surface area contributed by atoms with Gasteiger partial charge in [-0.1, -0.05) is 30.3 Å². The molecular weight excluding hydrogens is 286 g/mol. The van der Waals surface area contributed by atoms with E-state index in [-0.39, 0.29) is 11.8 Å². The van der Waals surface area contributed by atoms with Crippen molar-refractivity contribution >= 4 is 5.91 Å². The van der Waals surface area contributed by atoms with Gasteiger partial charge >= 0.3 is 0 Å². The first-order valence-electron chi connectivity index (χ1n) is 8.35. The topological polar surface area (TPSA) is 38.1 Å². The maximum absolute atomic E-state index is 12.7. The van der Waals surface area contributed by atoms with Crippen molar-refractivity contribution in [1.82, 2.24) is 14.7 Å². The Morgan fingerprint density at radius 2 is 2.00 bits per heavy atom. The fourth-order valence-electron chi connectivity index (χ4n) is 3.41. The molecule has 0 spiro atoms. The number of carbonyl (C=O) groups is 1. The van der Waals surface area contributed by atoms with Crippen LogP contribution in [0.1, 0.15) is 41.8 Å². The predicted octanol–water partition coefficient (Wildman–Crippen LogP) is 3.28. The number of nitrogens with zero attached hydrogens (tertiary/aromatic N) is 3. The number of hydrogen-bond donors (Lipinski definition) is 0. The van der Waals surface area contributed by atoms with Crippen LogP contribution < -0.4 is 0 Å². The van der Waals surface area contributed by atoms with Crippen LogP contribution in [-0.4, -0.2) is 27.6 Å². The average Bonchev–Trinajstić information content (AvgIpc) is 3.32. The molecule has 2 atom stereocenters. The lowest BCUT2D eigenvalue weighted by Crippen LogP contribution is -2.28. The van der Waals surface area contributed by atoms with Crippen LogP contribution in [0.25, 0.3) is 0 Å². The lowest BCUT2D eigenvalue weighted by molar-refractivity contribution is -0.131. The lowest BCUT2D eigenvalue weighted by Gasteiger charge is -2.18. The molecule has 1 aliphatic rings. The number of amides is 1. The summed E-state index contributed by atoms with van der Waals surface area (Å²) >= 11 is 0. The molecule has 0 aliphatic heterocycles. The Balaban J connectivity index is 1.67. The van der Waals surface area contributed by atoms with Crippen molar-refractivity contribution in [3.05, 3.63) is 52.8 Å². The maximum atomic E-state index is 12.7. The molecule has 1 amide bonds. The number of rotatable bonds is 5. The summed E-state index contributed by atoms with van der Waals surface area (Å²) in [6, 6.07) is 10.4. The Bertz CT molecular complexity index is 705. The molecule has 0 saturated heterocycles. The summed E-state index contributed by atoms with van der Waals surface area (Å²) in [6.45, 7) is 7.71. The van der Waals surface area contributed by atoms with E-state index in [0.717, 1.165) is 18.7 Å². The van der Waals surface area contributed by atoms with Crippen molar-refractivity contribution in [2.24, 2.45) is 5.92 Å². The molecule has 3 rings (SSSR count). The molecule has 0 unspecified atom stereocenters. The number of hydrogen-bond acceptors (Lipinski definition) is 2. The third-order valence-corrected chi connectivity index (χ3v) is 4.94. The number of carbonyl (C=O) groups excluding carboxylic acids is 1. The van der Waals surface area contributed by atoms with E-state index in [1.54, 1.807) is 0 Å². The molecule has 2 aromatic rings.